The Morgan fingerprint density at radius 2 is 1.71 bits per heavy atom. The molecule has 0 radical (unpaired) electrons. The molecular formula is C30H37N5O2S. The van der Waals surface area contributed by atoms with E-state index in [1.165, 1.54) is 4.90 Å². The lowest BCUT2D eigenvalue weighted by atomic mass is 10.0. The number of aliphatic imine (C=N–C) groups is 1. The largest absolute Gasteiger partial charge is 0.495 e. The average Bonchev–Trinajstić information content (AvgIpc) is 2.96. The van der Waals surface area contributed by atoms with Crippen LogP contribution >= 0.6 is 11.8 Å². The number of nitrogens with one attached hydrogen (secondary N) is 2. The van der Waals surface area contributed by atoms with Gasteiger partial charge in [-0.05, 0) is 73.4 Å². The highest BCUT2D eigenvalue weighted by atomic mass is 32.2. The minimum atomic E-state index is -1.16. The third kappa shape index (κ3) is 6.51. The molecule has 3 aromatic carbocycles. The van der Waals surface area contributed by atoms with Crippen molar-refractivity contribution < 1.29 is 9.47 Å². The Labute approximate surface area is 230 Å². The van der Waals surface area contributed by atoms with Gasteiger partial charge in [-0.3, -0.25) is 5.73 Å². The highest BCUT2D eigenvalue weighted by Crippen LogP contribution is 2.32. The molecule has 4 N–H and O–H groups in total. The van der Waals surface area contributed by atoms with Crippen LogP contribution in [0, 0.1) is 0 Å². The molecule has 0 amide bonds. The van der Waals surface area contributed by atoms with Crippen LogP contribution in [-0.2, 0) is 5.79 Å². The van der Waals surface area contributed by atoms with Crippen molar-refractivity contribution in [2.75, 3.05) is 44.9 Å². The number of para-hydroxylation sites is 2. The first kappa shape index (κ1) is 27.6. The van der Waals surface area contributed by atoms with Crippen molar-refractivity contribution in [3.63, 3.8) is 0 Å². The number of hydrogen-bond donors (Lipinski definition) is 3. The van der Waals surface area contributed by atoms with E-state index in [-0.39, 0.29) is 0 Å². The maximum atomic E-state index is 6.84. The predicted octanol–water partition coefficient (Wildman–Crippen LogP) is 5.36. The Morgan fingerprint density at radius 1 is 1.00 bits per heavy atom. The fourth-order valence-electron chi connectivity index (χ4n) is 4.28. The lowest BCUT2D eigenvalue weighted by Crippen LogP contribution is -2.51. The second-order valence-electron chi connectivity index (χ2n) is 8.89. The third-order valence-corrected chi connectivity index (χ3v) is 7.36. The number of thioether (sulfide) groups is 1. The first-order valence-corrected chi connectivity index (χ1v) is 14.1. The first-order chi connectivity index (χ1) is 18.5. The number of nitrogens with two attached hydrogens (primary N) is 1. The minimum absolute atomic E-state index is 0.638. The minimum Gasteiger partial charge on any atom is -0.495 e. The van der Waals surface area contributed by atoms with Crippen molar-refractivity contribution in [3.05, 3.63) is 89.7 Å². The van der Waals surface area contributed by atoms with Gasteiger partial charge in [0.2, 0.25) is 5.79 Å². The molecule has 38 heavy (non-hydrogen) atoms. The molecule has 7 nitrogen and oxygen atoms in total. The Kier molecular flexibility index (Phi) is 9.33. The zero-order chi connectivity index (χ0) is 27.0. The number of anilines is 1. The van der Waals surface area contributed by atoms with Gasteiger partial charge in [-0.1, -0.05) is 38.1 Å². The number of likely N-dealkylation sites (N-methyl/N-ethyl adjacent to an activating group) is 1. The van der Waals surface area contributed by atoms with Crippen LogP contribution in [0.25, 0.3) is 5.57 Å². The molecular weight excluding hydrogens is 494 g/mol. The highest BCUT2D eigenvalue weighted by molar-refractivity contribution is 7.98. The number of allylic oxidation sites excluding steroid dienone is 1. The van der Waals surface area contributed by atoms with Crippen LogP contribution in [0.4, 0.5) is 5.69 Å². The maximum Gasteiger partial charge on any atom is 0.210 e. The molecule has 0 aromatic heterocycles. The van der Waals surface area contributed by atoms with Crippen molar-refractivity contribution in [1.82, 2.24) is 10.2 Å². The Hall–Kier alpha value is -3.46. The summed E-state index contributed by atoms with van der Waals surface area (Å²) >= 11 is 1.71. The smallest absolute Gasteiger partial charge is 0.210 e. The SMILES string of the molecule is CCN(CC)CCOc1ccc(C2(N)N=CC(c3ccc(SC)cc3)=C(Nc3ccccc3OC)N2)cc1. The molecule has 8 heteroatoms. The lowest BCUT2D eigenvalue weighted by molar-refractivity contribution is 0.222. The molecule has 1 aliphatic heterocycles. The first-order valence-electron chi connectivity index (χ1n) is 12.9. The van der Waals surface area contributed by atoms with E-state index in [1.807, 2.05) is 54.7 Å². The van der Waals surface area contributed by atoms with Crippen LogP contribution in [-0.4, -0.2) is 50.7 Å². The Bertz CT molecular complexity index is 1260. The molecule has 0 fully saturated rings. The number of methoxy groups -OCH3 is 1. The van der Waals surface area contributed by atoms with Gasteiger partial charge in [0.05, 0.1) is 12.8 Å². The summed E-state index contributed by atoms with van der Waals surface area (Å²) in [7, 11) is 1.66. The van der Waals surface area contributed by atoms with Gasteiger partial charge in [0.1, 0.15) is 23.9 Å². The molecule has 0 saturated carbocycles. The summed E-state index contributed by atoms with van der Waals surface area (Å²) < 4.78 is 11.5. The van der Waals surface area contributed by atoms with Gasteiger partial charge in [-0.15, -0.1) is 11.8 Å². The molecule has 3 aromatic rings. The van der Waals surface area contributed by atoms with Gasteiger partial charge in [0, 0.05) is 28.8 Å². The van der Waals surface area contributed by atoms with Crippen molar-refractivity contribution in [2.24, 2.45) is 10.7 Å². The van der Waals surface area contributed by atoms with E-state index in [4.69, 9.17) is 20.2 Å². The molecule has 4 rings (SSSR count). The predicted molar refractivity (Wildman–Crippen MR) is 159 cm³/mol. The summed E-state index contributed by atoms with van der Waals surface area (Å²) in [5.41, 5.74) is 10.4. The van der Waals surface area contributed by atoms with Crippen molar-refractivity contribution in [1.29, 1.82) is 0 Å². The monoisotopic (exact) mass is 531 g/mol. The standard InChI is InChI=1S/C30H37N5O2S/c1-5-35(6-2)19-20-37-24-15-13-23(14-16-24)30(31)32-21-26(22-11-17-25(38-4)18-12-22)29(34-30)33-27-9-7-8-10-28(27)36-3/h7-18,21,33-34H,5-6,19-20,31H2,1-4H3. The molecule has 0 saturated heterocycles. The summed E-state index contributed by atoms with van der Waals surface area (Å²) in [5.74, 6) is 1.12. The number of ether oxygens (including phenoxy) is 2. The van der Waals surface area contributed by atoms with E-state index >= 15 is 0 Å². The second kappa shape index (κ2) is 12.9. The van der Waals surface area contributed by atoms with Crippen molar-refractivity contribution in [2.45, 2.75) is 24.5 Å². The van der Waals surface area contributed by atoms with Gasteiger partial charge >= 0.3 is 0 Å². The molecule has 0 bridgehead atoms. The molecule has 1 aliphatic rings. The molecule has 1 unspecified atom stereocenters. The number of hydrogen-bond acceptors (Lipinski definition) is 8. The Balaban J connectivity index is 1.59. The third-order valence-electron chi connectivity index (χ3n) is 6.61. The van der Waals surface area contributed by atoms with Gasteiger partial charge in [0.25, 0.3) is 0 Å². The molecule has 200 valence electrons. The van der Waals surface area contributed by atoms with E-state index < -0.39 is 5.79 Å². The Morgan fingerprint density at radius 3 is 2.37 bits per heavy atom. The maximum absolute atomic E-state index is 6.84. The van der Waals surface area contributed by atoms with E-state index in [2.05, 4.69) is 59.9 Å². The normalized spacial score (nSPS) is 16.9. The number of rotatable bonds is 12. The van der Waals surface area contributed by atoms with E-state index in [0.717, 1.165) is 59.3 Å². The summed E-state index contributed by atoms with van der Waals surface area (Å²) in [5, 5.41) is 6.96. The van der Waals surface area contributed by atoms with Crippen LogP contribution in [0.3, 0.4) is 0 Å². The summed E-state index contributed by atoms with van der Waals surface area (Å²) in [4.78, 5) is 8.29. The molecule has 0 aliphatic carbocycles. The average molecular weight is 532 g/mol. The highest BCUT2D eigenvalue weighted by Gasteiger charge is 2.31. The van der Waals surface area contributed by atoms with Gasteiger partial charge < -0.3 is 25.0 Å². The zero-order valence-corrected chi connectivity index (χ0v) is 23.3. The van der Waals surface area contributed by atoms with E-state index in [9.17, 15) is 0 Å². The second-order valence-corrected chi connectivity index (χ2v) is 9.77. The molecule has 1 heterocycles. The zero-order valence-electron chi connectivity index (χ0n) is 22.5. The summed E-state index contributed by atoms with van der Waals surface area (Å²) in [6, 6.07) is 24.0. The number of nitrogens with zero attached hydrogens (tertiary/aromatic N) is 2. The summed E-state index contributed by atoms with van der Waals surface area (Å²) in [6.45, 7) is 7.88. The van der Waals surface area contributed by atoms with Crippen molar-refractivity contribution in [3.8, 4) is 11.5 Å². The van der Waals surface area contributed by atoms with Gasteiger partial charge in [-0.2, -0.15) is 0 Å². The van der Waals surface area contributed by atoms with Crippen LogP contribution < -0.4 is 25.8 Å². The van der Waals surface area contributed by atoms with E-state index in [0.29, 0.717) is 6.61 Å². The lowest BCUT2D eigenvalue weighted by Gasteiger charge is -2.34. The van der Waals surface area contributed by atoms with Crippen LogP contribution in [0.5, 0.6) is 11.5 Å². The summed E-state index contributed by atoms with van der Waals surface area (Å²) in [6.07, 6.45) is 3.90. The topological polar surface area (TPSA) is 84.1 Å². The fraction of sp³-hybridized carbons (Fsp3) is 0.300. The van der Waals surface area contributed by atoms with Crippen LogP contribution in [0.2, 0.25) is 0 Å². The van der Waals surface area contributed by atoms with Crippen molar-refractivity contribution >= 4 is 29.2 Å². The van der Waals surface area contributed by atoms with Crippen LogP contribution in [0.1, 0.15) is 25.0 Å². The quantitative estimate of drug-likeness (QED) is 0.271. The fourth-order valence-corrected chi connectivity index (χ4v) is 4.68. The van der Waals surface area contributed by atoms with Crippen LogP contribution in [0.15, 0.2) is 88.5 Å². The molecule has 1 atom stereocenters. The van der Waals surface area contributed by atoms with Gasteiger partial charge in [-0.25, -0.2) is 4.99 Å². The molecule has 0 spiro atoms. The number of benzene rings is 3. The van der Waals surface area contributed by atoms with Gasteiger partial charge in [0.15, 0.2) is 0 Å². The van der Waals surface area contributed by atoms with E-state index in [1.54, 1.807) is 18.9 Å².